The van der Waals surface area contributed by atoms with E-state index in [-0.39, 0.29) is 29.7 Å². The first-order chi connectivity index (χ1) is 13.6. The van der Waals surface area contributed by atoms with Crippen LogP contribution in [0.3, 0.4) is 0 Å². The molecule has 0 fully saturated rings. The van der Waals surface area contributed by atoms with E-state index in [9.17, 15) is 5.11 Å². The smallest absolute Gasteiger partial charge is 0.191 e. The number of aliphatic imine (C=N–C) groups is 1. The molecule has 0 unspecified atom stereocenters. The van der Waals surface area contributed by atoms with Gasteiger partial charge in [-0.3, -0.25) is 4.99 Å². The second kappa shape index (κ2) is 13.4. The van der Waals surface area contributed by atoms with E-state index in [4.69, 9.17) is 21.1 Å². The van der Waals surface area contributed by atoms with Crippen LogP contribution in [0.1, 0.15) is 18.1 Å². The van der Waals surface area contributed by atoms with Crippen LogP contribution in [0.25, 0.3) is 0 Å². The van der Waals surface area contributed by atoms with Crippen molar-refractivity contribution in [1.82, 2.24) is 10.6 Å². The van der Waals surface area contributed by atoms with Crippen molar-refractivity contribution in [3.63, 3.8) is 0 Å². The zero-order valence-electron chi connectivity index (χ0n) is 17.0. The van der Waals surface area contributed by atoms with E-state index in [2.05, 4.69) is 15.6 Å². The molecule has 0 spiro atoms. The quantitative estimate of drug-likeness (QED) is 0.258. The van der Waals surface area contributed by atoms with Crippen LogP contribution in [0.15, 0.2) is 41.4 Å². The number of benzene rings is 2. The van der Waals surface area contributed by atoms with Gasteiger partial charge in [0.25, 0.3) is 0 Å². The van der Waals surface area contributed by atoms with Gasteiger partial charge in [-0.1, -0.05) is 23.7 Å². The lowest BCUT2D eigenvalue weighted by molar-refractivity contribution is 0.373. The Kier molecular flexibility index (Phi) is 11.6. The number of hydrogen-bond acceptors (Lipinski definition) is 4. The molecule has 8 heteroatoms. The first-order valence-corrected chi connectivity index (χ1v) is 9.65. The van der Waals surface area contributed by atoms with Crippen molar-refractivity contribution in [3.8, 4) is 17.2 Å². The zero-order chi connectivity index (χ0) is 20.4. The molecule has 0 aliphatic rings. The van der Waals surface area contributed by atoms with Crippen molar-refractivity contribution < 1.29 is 14.6 Å². The molecule has 0 saturated heterocycles. The normalized spacial score (nSPS) is 10.8. The monoisotopic (exact) mass is 533 g/mol. The second-order valence-corrected chi connectivity index (χ2v) is 6.56. The number of aromatic hydroxyl groups is 1. The molecule has 0 aliphatic carbocycles. The summed E-state index contributed by atoms with van der Waals surface area (Å²) in [5, 5.41) is 16.9. The average Bonchev–Trinajstić information content (AvgIpc) is 2.70. The highest BCUT2D eigenvalue weighted by atomic mass is 127. The van der Waals surface area contributed by atoms with Crippen LogP contribution in [-0.4, -0.2) is 44.9 Å². The molecule has 0 bridgehead atoms. The molecule has 2 aromatic carbocycles. The molecular weight excluding hydrogens is 505 g/mol. The van der Waals surface area contributed by atoms with Crippen LogP contribution in [-0.2, 0) is 12.8 Å². The third-order valence-electron chi connectivity index (χ3n) is 4.21. The van der Waals surface area contributed by atoms with E-state index < -0.39 is 0 Å². The summed E-state index contributed by atoms with van der Waals surface area (Å²) in [5.74, 6) is 2.14. The number of halogens is 2. The summed E-state index contributed by atoms with van der Waals surface area (Å²) in [4.78, 5) is 4.61. The third kappa shape index (κ3) is 8.18. The fraction of sp³-hybridized carbons (Fsp3) is 0.381. The van der Waals surface area contributed by atoms with Gasteiger partial charge in [0.2, 0.25) is 0 Å². The highest BCUT2D eigenvalue weighted by Crippen LogP contribution is 2.26. The van der Waals surface area contributed by atoms with Crippen LogP contribution in [0.2, 0.25) is 5.02 Å². The predicted octanol–water partition coefficient (Wildman–Crippen LogP) is 4.02. The summed E-state index contributed by atoms with van der Waals surface area (Å²) in [5.41, 5.74) is 2.11. The minimum atomic E-state index is 0. The van der Waals surface area contributed by atoms with Gasteiger partial charge >= 0.3 is 0 Å². The summed E-state index contributed by atoms with van der Waals surface area (Å²) < 4.78 is 10.3. The van der Waals surface area contributed by atoms with Gasteiger partial charge in [-0.25, -0.2) is 0 Å². The van der Waals surface area contributed by atoms with Gasteiger partial charge in [0, 0.05) is 24.7 Å². The number of rotatable bonds is 9. The van der Waals surface area contributed by atoms with Gasteiger partial charge in [-0.15, -0.1) is 24.0 Å². The lowest BCUT2D eigenvalue weighted by atomic mass is 10.1. The number of nitrogens with one attached hydrogen (secondary N) is 2. The molecule has 2 aromatic rings. The van der Waals surface area contributed by atoms with Crippen LogP contribution < -0.4 is 20.1 Å². The lowest BCUT2D eigenvalue weighted by Crippen LogP contribution is -2.38. The van der Waals surface area contributed by atoms with Gasteiger partial charge in [-0.05, 0) is 55.2 Å². The predicted molar refractivity (Wildman–Crippen MR) is 129 cm³/mol. The van der Waals surface area contributed by atoms with Gasteiger partial charge in [0.15, 0.2) is 17.5 Å². The molecular formula is C21H29ClIN3O3. The number of phenolic OH excluding ortho intramolecular Hbond substituents is 1. The maximum absolute atomic E-state index is 9.67. The number of methoxy groups -OCH3 is 2. The SMILES string of the molecule is CCNC(=NCCc1ccc(OC)cc1Cl)NCCc1ccc(O)c(OC)c1.I. The van der Waals surface area contributed by atoms with Crippen LogP contribution in [0.4, 0.5) is 0 Å². The van der Waals surface area contributed by atoms with Crippen molar-refractivity contribution in [2.24, 2.45) is 4.99 Å². The molecule has 29 heavy (non-hydrogen) atoms. The van der Waals surface area contributed by atoms with E-state index in [1.54, 1.807) is 20.3 Å². The number of phenols is 1. The van der Waals surface area contributed by atoms with Crippen LogP contribution in [0, 0.1) is 0 Å². The van der Waals surface area contributed by atoms with Gasteiger partial charge in [-0.2, -0.15) is 0 Å². The first-order valence-electron chi connectivity index (χ1n) is 9.27. The standard InChI is InChI=1S/C21H28ClN3O3.HI/c1-4-23-21(24-11-9-15-5-8-19(26)20(13-15)28-3)25-12-10-16-6-7-17(27-2)14-18(16)22;/h5-8,13-14,26H,4,9-12H2,1-3H3,(H2,23,24,25);1H. The molecule has 0 aromatic heterocycles. The van der Waals surface area contributed by atoms with E-state index in [0.29, 0.717) is 23.9 Å². The fourth-order valence-electron chi connectivity index (χ4n) is 2.69. The van der Waals surface area contributed by atoms with Crippen molar-refractivity contribution in [1.29, 1.82) is 0 Å². The van der Waals surface area contributed by atoms with Crippen molar-refractivity contribution in [2.75, 3.05) is 33.9 Å². The maximum Gasteiger partial charge on any atom is 0.191 e. The van der Waals surface area contributed by atoms with E-state index in [1.807, 2.05) is 37.3 Å². The van der Waals surface area contributed by atoms with Gasteiger partial charge < -0.3 is 25.2 Å². The number of nitrogens with zero attached hydrogens (tertiary/aromatic N) is 1. The Labute approximate surface area is 194 Å². The Morgan fingerprint density at radius 2 is 1.86 bits per heavy atom. The van der Waals surface area contributed by atoms with E-state index in [0.717, 1.165) is 42.2 Å². The maximum atomic E-state index is 9.67. The molecule has 0 atom stereocenters. The van der Waals surface area contributed by atoms with Gasteiger partial charge in [0.1, 0.15) is 5.75 Å². The van der Waals surface area contributed by atoms with E-state index in [1.165, 1.54) is 0 Å². The highest BCUT2D eigenvalue weighted by Gasteiger charge is 2.05. The first kappa shape index (κ1) is 25.2. The molecule has 0 radical (unpaired) electrons. The Hall–Kier alpha value is -1.87. The highest BCUT2D eigenvalue weighted by molar-refractivity contribution is 14.0. The molecule has 0 heterocycles. The number of hydrogen-bond donors (Lipinski definition) is 3. The summed E-state index contributed by atoms with van der Waals surface area (Å²) in [7, 11) is 3.17. The molecule has 6 nitrogen and oxygen atoms in total. The molecule has 3 N–H and O–H groups in total. The molecule has 2 rings (SSSR count). The van der Waals surface area contributed by atoms with Gasteiger partial charge in [0.05, 0.1) is 14.2 Å². The fourth-order valence-corrected chi connectivity index (χ4v) is 2.96. The summed E-state index contributed by atoms with van der Waals surface area (Å²) in [6.07, 6.45) is 1.53. The second-order valence-electron chi connectivity index (χ2n) is 6.15. The Morgan fingerprint density at radius 1 is 1.07 bits per heavy atom. The van der Waals surface area contributed by atoms with Crippen molar-refractivity contribution in [2.45, 2.75) is 19.8 Å². The largest absolute Gasteiger partial charge is 0.504 e. The van der Waals surface area contributed by atoms with Crippen LogP contribution in [0.5, 0.6) is 17.2 Å². The third-order valence-corrected chi connectivity index (χ3v) is 4.56. The molecule has 0 amide bonds. The summed E-state index contributed by atoms with van der Waals surface area (Å²) >= 11 is 6.28. The summed E-state index contributed by atoms with van der Waals surface area (Å²) in [6.45, 7) is 4.14. The van der Waals surface area contributed by atoms with Crippen molar-refractivity contribution >= 4 is 41.5 Å². The minimum Gasteiger partial charge on any atom is -0.504 e. The molecule has 0 saturated carbocycles. The molecule has 160 valence electrons. The zero-order valence-corrected chi connectivity index (χ0v) is 20.1. The lowest BCUT2D eigenvalue weighted by Gasteiger charge is -2.12. The van der Waals surface area contributed by atoms with Crippen molar-refractivity contribution in [3.05, 3.63) is 52.5 Å². The Morgan fingerprint density at radius 3 is 2.52 bits per heavy atom. The van der Waals surface area contributed by atoms with E-state index >= 15 is 0 Å². The Balaban J connectivity index is 0.00000420. The number of ether oxygens (including phenoxy) is 2. The summed E-state index contributed by atoms with van der Waals surface area (Å²) in [6, 6.07) is 11.1. The molecule has 0 aliphatic heterocycles. The van der Waals surface area contributed by atoms with Crippen LogP contribution >= 0.6 is 35.6 Å². The number of guanidine groups is 1. The average molecular weight is 534 g/mol. The Bertz CT molecular complexity index is 803. The topological polar surface area (TPSA) is 75.1 Å². The minimum absolute atomic E-state index is 0.